The molecule has 0 spiro atoms. The molecule has 2 aromatic carbocycles. The van der Waals surface area contributed by atoms with Gasteiger partial charge >= 0.3 is 5.97 Å². The van der Waals surface area contributed by atoms with Gasteiger partial charge in [0, 0.05) is 40.9 Å². The van der Waals surface area contributed by atoms with Crippen LogP contribution in [0.1, 0.15) is 49.7 Å². The van der Waals surface area contributed by atoms with Crippen LogP contribution in [0.3, 0.4) is 0 Å². The molecule has 7 heteroatoms. The van der Waals surface area contributed by atoms with Crippen LogP contribution < -0.4 is 5.32 Å². The minimum Gasteiger partial charge on any atom is -0.508 e. The molecule has 1 heterocycles. The lowest BCUT2D eigenvalue weighted by Crippen LogP contribution is -2.36. The molecule has 0 fully saturated rings. The number of phenols is 1. The predicted molar refractivity (Wildman–Crippen MR) is 130 cm³/mol. The van der Waals surface area contributed by atoms with E-state index in [1.165, 1.54) is 0 Å². The highest BCUT2D eigenvalue weighted by Gasteiger charge is 2.41. The zero-order valence-electron chi connectivity index (χ0n) is 19.3. The van der Waals surface area contributed by atoms with E-state index in [1.54, 1.807) is 24.3 Å². The van der Waals surface area contributed by atoms with Crippen LogP contribution in [-0.4, -0.2) is 36.7 Å². The number of carbonyl (C=O) groups is 2. The summed E-state index contributed by atoms with van der Waals surface area (Å²) < 4.78 is 10.8. The standard InChI is InChI=1S/C27H28ClNO5/c1-3-33-12-13-34-27(32)24-16(2)29-22-14-19(17-4-8-20(28)9-5-17)15-23(31)26(22)25(24)18-6-10-21(30)11-7-18/h4-11,19,25,29-30H,3,12-15H2,1-2H3/t19-,25+/m1/s1. The van der Waals surface area contributed by atoms with Crippen molar-refractivity contribution >= 4 is 23.4 Å². The second-order valence-electron chi connectivity index (χ2n) is 8.49. The Labute approximate surface area is 204 Å². The van der Waals surface area contributed by atoms with Gasteiger partial charge in [-0.1, -0.05) is 35.9 Å². The van der Waals surface area contributed by atoms with Crippen LogP contribution in [-0.2, 0) is 19.1 Å². The molecular formula is C27H28ClNO5. The molecule has 178 valence electrons. The van der Waals surface area contributed by atoms with Crippen LogP contribution in [0.15, 0.2) is 71.1 Å². The fourth-order valence-corrected chi connectivity index (χ4v) is 4.82. The van der Waals surface area contributed by atoms with Crippen molar-refractivity contribution in [1.82, 2.24) is 5.32 Å². The quantitative estimate of drug-likeness (QED) is 0.428. The van der Waals surface area contributed by atoms with Crippen molar-refractivity contribution in [2.45, 2.75) is 38.5 Å². The molecule has 2 aromatic rings. The molecule has 0 bridgehead atoms. The minimum atomic E-state index is -0.574. The molecule has 0 radical (unpaired) electrons. The summed E-state index contributed by atoms with van der Waals surface area (Å²) in [7, 11) is 0. The first kappa shape index (κ1) is 24.0. The average Bonchev–Trinajstić information content (AvgIpc) is 2.81. The van der Waals surface area contributed by atoms with Gasteiger partial charge in [0.25, 0.3) is 0 Å². The molecule has 2 aliphatic rings. The van der Waals surface area contributed by atoms with Gasteiger partial charge in [-0.3, -0.25) is 4.79 Å². The Morgan fingerprint density at radius 3 is 2.41 bits per heavy atom. The lowest BCUT2D eigenvalue weighted by molar-refractivity contribution is -0.140. The van der Waals surface area contributed by atoms with Crippen LogP contribution in [0.25, 0.3) is 0 Å². The van der Waals surface area contributed by atoms with E-state index in [9.17, 15) is 14.7 Å². The summed E-state index contributed by atoms with van der Waals surface area (Å²) >= 11 is 6.04. The Bertz CT molecular complexity index is 1130. The second kappa shape index (κ2) is 10.5. The number of halogens is 1. The van der Waals surface area contributed by atoms with Gasteiger partial charge in [-0.2, -0.15) is 0 Å². The number of aromatic hydroxyl groups is 1. The molecule has 0 saturated heterocycles. The molecule has 0 amide bonds. The number of hydrogen-bond donors (Lipinski definition) is 2. The number of esters is 1. The molecule has 4 rings (SSSR count). The first-order valence-electron chi connectivity index (χ1n) is 11.4. The summed E-state index contributed by atoms with van der Waals surface area (Å²) in [5.74, 6) is -0.939. The highest BCUT2D eigenvalue weighted by atomic mass is 35.5. The van der Waals surface area contributed by atoms with E-state index >= 15 is 0 Å². The molecule has 2 atom stereocenters. The lowest BCUT2D eigenvalue weighted by atomic mass is 9.72. The number of ether oxygens (including phenoxy) is 2. The van der Waals surface area contributed by atoms with Gasteiger partial charge in [-0.15, -0.1) is 0 Å². The summed E-state index contributed by atoms with van der Waals surface area (Å²) in [5, 5.41) is 13.8. The molecule has 0 aromatic heterocycles. The monoisotopic (exact) mass is 481 g/mol. The molecule has 0 unspecified atom stereocenters. The Hall–Kier alpha value is -3.09. The van der Waals surface area contributed by atoms with Crippen molar-refractivity contribution in [1.29, 1.82) is 0 Å². The minimum absolute atomic E-state index is 0.0149. The van der Waals surface area contributed by atoms with Gasteiger partial charge in [-0.05, 0) is 61.6 Å². The Morgan fingerprint density at radius 1 is 1.06 bits per heavy atom. The van der Waals surface area contributed by atoms with E-state index in [0.717, 1.165) is 16.8 Å². The number of rotatable bonds is 7. The molecule has 6 nitrogen and oxygen atoms in total. The van der Waals surface area contributed by atoms with Gasteiger partial charge in [0.15, 0.2) is 5.78 Å². The third-order valence-corrected chi connectivity index (χ3v) is 6.53. The highest BCUT2D eigenvalue weighted by Crippen LogP contribution is 2.46. The summed E-state index contributed by atoms with van der Waals surface area (Å²) in [6.45, 7) is 4.68. The number of hydrogen-bond acceptors (Lipinski definition) is 6. The van der Waals surface area contributed by atoms with Gasteiger partial charge in [0.1, 0.15) is 12.4 Å². The van der Waals surface area contributed by atoms with Crippen LogP contribution >= 0.6 is 11.6 Å². The second-order valence-corrected chi connectivity index (χ2v) is 8.93. The zero-order valence-corrected chi connectivity index (χ0v) is 20.0. The summed E-state index contributed by atoms with van der Waals surface area (Å²) in [5.41, 5.74) is 4.26. The largest absolute Gasteiger partial charge is 0.508 e. The van der Waals surface area contributed by atoms with E-state index in [-0.39, 0.29) is 24.1 Å². The van der Waals surface area contributed by atoms with Gasteiger partial charge < -0.3 is 19.9 Å². The van der Waals surface area contributed by atoms with Crippen LogP contribution in [0.5, 0.6) is 5.75 Å². The number of allylic oxidation sites excluding steroid dienone is 3. The number of carbonyl (C=O) groups excluding carboxylic acids is 2. The Kier molecular flexibility index (Phi) is 7.39. The summed E-state index contributed by atoms with van der Waals surface area (Å²) in [6, 6.07) is 14.2. The van der Waals surface area contributed by atoms with Crippen LogP contribution in [0.2, 0.25) is 5.02 Å². The SMILES string of the molecule is CCOCCOC(=O)C1=C(C)NC2=C(C(=O)C[C@H](c3ccc(Cl)cc3)C2)[C@H]1c1ccc(O)cc1. The lowest BCUT2D eigenvalue weighted by Gasteiger charge is -2.36. The molecule has 1 aliphatic heterocycles. The van der Waals surface area contributed by atoms with Gasteiger partial charge in [-0.25, -0.2) is 4.79 Å². The van der Waals surface area contributed by atoms with E-state index in [0.29, 0.717) is 47.9 Å². The molecule has 0 saturated carbocycles. The Balaban J connectivity index is 1.70. The first-order chi connectivity index (χ1) is 16.4. The number of dihydropyridines is 1. The van der Waals surface area contributed by atoms with Crippen molar-refractivity contribution in [3.63, 3.8) is 0 Å². The number of benzene rings is 2. The van der Waals surface area contributed by atoms with Crippen molar-refractivity contribution in [2.75, 3.05) is 19.8 Å². The maximum absolute atomic E-state index is 13.5. The molecule has 2 N–H and O–H groups in total. The van der Waals surface area contributed by atoms with Crippen molar-refractivity contribution in [3.05, 3.63) is 87.2 Å². The van der Waals surface area contributed by atoms with Crippen molar-refractivity contribution in [2.24, 2.45) is 0 Å². The Morgan fingerprint density at radius 2 is 1.74 bits per heavy atom. The summed E-state index contributed by atoms with van der Waals surface area (Å²) in [4.78, 5) is 26.7. The van der Waals surface area contributed by atoms with Crippen LogP contribution in [0, 0.1) is 0 Å². The normalized spacial score (nSPS) is 20.1. The first-order valence-corrected chi connectivity index (χ1v) is 11.8. The topological polar surface area (TPSA) is 84.9 Å². The number of ketones is 1. The fourth-order valence-electron chi connectivity index (χ4n) is 4.70. The predicted octanol–water partition coefficient (Wildman–Crippen LogP) is 4.99. The molecule has 1 aliphatic carbocycles. The highest BCUT2D eigenvalue weighted by molar-refractivity contribution is 6.30. The van der Waals surface area contributed by atoms with Gasteiger partial charge in [0.2, 0.25) is 0 Å². The molecular weight excluding hydrogens is 454 g/mol. The smallest absolute Gasteiger partial charge is 0.336 e. The number of nitrogens with one attached hydrogen (secondary N) is 1. The van der Waals surface area contributed by atoms with E-state index < -0.39 is 11.9 Å². The fraction of sp³-hybridized carbons (Fsp3) is 0.333. The average molecular weight is 482 g/mol. The number of Topliss-reactive ketones (excluding diaryl/α,β-unsaturated/α-hetero) is 1. The van der Waals surface area contributed by atoms with E-state index in [1.807, 2.05) is 38.1 Å². The number of phenolic OH excluding ortho intramolecular Hbond substituents is 1. The zero-order chi connectivity index (χ0) is 24.2. The van der Waals surface area contributed by atoms with Crippen molar-refractivity contribution < 1.29 is 24.2 Å². The maximum Gasteiger partial charge on any atom is 0.336 e. The van der Waals surface area contributed by atoms with Crippen LogP contribution in [0.4, 0.5) is 0 Å². The molecule has 34 heavy (non-hydrogen) atoms. The van der Waals surface area contributed by atoms with E-state index in [2.05, 4.69) is 5.32 Å². The van der Waals surface area contributed by atoms with Crippen molar-refractivity contribution in [3.8, 4) is 5.75 Å². The van der Waals surface area contributed by atoms with Gasteiger partial charge in [0.05, 0.1) is 12.2 Å². The summed E-state index contributed by atoms with van der Waals surface area (Å²) in [6.07, 6.45) is 0.976. The maximum atomic E-state index is 13.5. The third kappa shape index (κ3) is 5.03. The van der Waals surface area contributed by atoms with E-state index in [4.69, 9.17) is 21.1 Å². The third-order valence-electron chi connectivity index (χ3n) is 6.28.